The van der Waals surface area contributed by atoms with Gasteiger partial charge in [0.15, 0.2) is 0 Å². The molecule has 1 aromatic carbocycles. The van der Waals surface area contributed by atoms with Crippen LogP contribution in [0.25, 0.3) is 0 Å². The molecule has 6 amide bonds. The third-order valence-electron chi connectivity index (χ3n) is 11.6. The molecule has 0 aliphatic carbocycles. The number of hydrogen-bond acceptors (Lipinski definition) is 11. The Kier molecular flexibility index (Phi) is 20.0. The average Bonchev–Trinajstić information content (AvgIpc) is 3.71. The molecule has 0 bridgehead atoms. The van der Waals surface area contributed by atoms with Gasteiger partial charge in [0.1, 0.15) is 12.1 Å². The van der Waals surface area contributed by atoms with Crippen molar-refractivity contribution >= 4 is 39.7 Å². The number of rotatable bonds is 22. The van der Waals surface area contributed by atoms with E-state index in [0.29, 0.717) is 57.7 Å². The number of nitrogens with one attached hydrogen (secondary N) is 3. The first-order valence-corrected chi connectivity index (χ1v) is 22.5. The second-order valence-electron chi connectivity index (χ2n) is 16.0. The Labute approximate surface area is 350 Å². The molecule has 0 aromatic heterocycles. The summed E-state index contributed by atoms with van der Waals surface area (Å²) in [6.45, 7) is 11.7. The van der Waals surface area contributed by atoms with Crippen LogP contribution in [0.2, 0.25) is 0 Å². The molecule has 59 heavy (non-hydrogen) atoms. The van der Waals surface area contributed by atoms with Crippen molar-refractivity contribution in [1.29, 1.82) is 0 Å². The highest BCUT2D eigenvalue weighted by Gasteiger charge is 2.43. The van der Waals surface area contributed by atoms with Gasteiger partial charge in [-0.3, -0.25) is 23.9 Å². The molecule has 17 nitrogen and oxygen atoms in total. The Morgan fingerprint density at radius 1 is 0.966 bits per heavy atom. The molecular formula is C41H69N7O10S. The van der Waals surface area contributed by atoms with E-state index in [1.165, 1.54) is 14.2 Å². The number of likely N-dealkylation sites (N-methyl/N-ethyl adjacent to an activating group) is 1. The maximum absolute atomic E-state index is 14.3. The number of sulfonamides is 1. The highest BCUT2D eigenvalue weighted by Crippen LogP contribution is 2.30. The zero-order valence-electron chi connectivity index (χ0n) is 36.2. The molecule has 8 atom stereocenters. The minimum Gasteiger partial charge on any atom is -0.379 e. The second-order valence-corrected chi connectivity index (χ2v) is 17.9. The molecule has 0 radical (unpaired) electrons. The van der Waals surface area contributed by atoms with Crippen molar-refractivity contribution < 1.29 is 46.6 Å². The van der Waals surface area contributed by atoms with Gasteiger partial charge in [-0.25, -0.2) is 13.2 Å². The maximum atomic E-state index is 14.3. The molecule has 3 rings (SSSR count). The van der Waals surface area contributed by atoms with Crippen LogP contribution in [-0.4, -0.2) is 156 Å². The monoisotopic (exact) mass is 851 g/mol. The summed E-state index contributed by atoms with van der Waals surface area (Å²) in [6.07, 6.45) is 0.579. The second kappa shape index (κ2) is 23.8. The topological polar surface area (TPSA) is 219 Å². The standard InChI is InChI=1S/C41H69N7O10S/c1-9-28(4)36(46(6)40(52)35(27(2)3)44-41(53)47-20-22-58-23-21-47)33(56-7)26-34(49)48-19-13-17-32(48)37(57-8)29(5)38(50)43-31(25-30-15-11-10-12-16-30)39(51)45-59(54,55)24-14-18-42/h10-12,15-16,27-29,31-33,35-37H,9,13-14,17-26,42H2,1-8H3,(H,43,50)(H,44,53)(H,45,51)/t28?,29-,31+,32+,33-,35+,36+,37?/m1/s1. The van der Waals surface area contributed by atoms with E-state index in [1.54, 1.807) is 52.9 Å². The van der Waals surface area contributed by atoms with E-state index in [2.05, 4.69) is 15.4 Å². The van der Waals surface area contributed by atoms with E-state index >= 15 is 0 Å². The molecule has 5 N–H and O–H groups in total. The van der Waals surface area contributed by atoms with Crippen LogP contribution in [0.1, 0.15) is 72.3 Å². The molecule has 18 heteroatoms. The van der Waals surface area contributed by atoms with Crippen LogP contribution in [-0.2, 0) is 49.8 Å². The molecule has 2 saturated heterocycles. The highest BCUT2D eigenvalue weighted by molar-refractivity contribution is 7.90. The number of nitrogens with zero attached hydrogens (tertiary/aromatic N) is 3. The Morgan fingerprint density at radius 2 is 1.63 bits per heavy atom. The van der Waals surface area contributed by atoms with E-state index in [-0.39, 0.29) is 61.2 Å². The Hall–Kier alpha value is -3.84. The molecule has 2 aliphatic rings. The van der Waals surface area contributed by atoms with Crippen LogP contribution >= 0.6 is 0 Å². The number of carbonyl (C=O) groups excluding carboxylic acids is 5. The lowest BCUT2D eigenvalue weighted by atomic mass is 9.89. The summed E-state index contributed by atoms with van der Waals surface area (Å²) in [6, 6.07) is 5.55. The number of likely N-dealkylation sites (tertiary alicyclic amines) is 1. The summed E-state index contributed by atoms with van der Waals surface area (Å²) in [7, 11) is 0.676. The maximum Gasteiger partial charge on any atom is 0.318 e. The number of methoxy groups -OCH3 is 2. The van der Waals surface area contributed by atoms with E-state index in [0.717, 1.165) is 0 Å². The molecule has 334 valence electrons. The van der Waals surface area contributed by atoms with Crippen molar-refractivity contribution in [3.8, 4) is 0 Å². The van der Waals surface area contributed by atoms with Crippen molar-refractivity contribution in [3.63, 3.8) is 0 Å². The van der Waals surface area contributed by atoms with Crippen LogP contribution in [0.3, 0.4) is 0 Å². The van der Waals surface area contributed by atoms with Crippen LogP contribution in [0.4, 0.5) is 4.79 Å². The number of benzene rings is 1. The van der Waals surface area contributed by atoms with Gasteiger partial charge < -0.3 is 45.3 Å². The van der Waals surface area contributed by atoms with Gasteiger partial charge in [-0.2, -0.15) is 0 Å². The number of morpholine rings is 1. The largest absolute Gasteiger partial charge is 0.379 e. The smallest absolute Gasteiger partial charge is 0.318 e. The van der Waals surface area contributed by atoms with Crippen molar-refractivity contribution in [2.45, 2.75) is 110 Å². The first kappa shape index (κ1) is 49.5. The van der Waals surface area contributed by atoms with Crippen molar-refractivity contribution in [2.75, 3.05) is 66.4 Å². The fourth-order valence-electron chi connectivity index (χ4n) is 7.94. The third-order valence-corrected chi connectivity index (χ3v) is 12.9. The summed E-state index contributed by atoms with van der Waals surface area (Å²) in [5, 5.41) is 5.69. The van der Waals surface area contributed by atoms with Crippen molar-refractivity contribution in [2.24, 2.45) is 23.5 Å². The lowest BCUT2D eigenvalue weighted by Crippen LogP contribution is -2.59. The van der Waals surface area contributed by atoms with Crippen LogP contribution < -0.4 is 21.1 Å². The van der Waals surface area contributed by atoms with Gasteiger partial charge in [-0.15, -0.1) is 0 Å². The number of urea groups is 1. The van der Waals surface area contributed by atoms with Crippen LogP contribution in [0, 0.1) is 17.8 Å². The first-order chi connectivity index (χ1) is 28.0. The van der Waals surface area contributed by atoms with Gasteiger partial charge in [0.25, 0.3) is 5.91 Å². The quantitative estimate of drug-likeness (QED) is 0.131. The molecule has 0 spiro atoms. The number of amides is 6. The van der Waals surface area contributed by atoms with E-state index in [1.807, 2.05) is 33.8 Å². The Morgan fingerprint density at radius 3 is 2.20 bits per heavy atom. The number of hydrogen-bond donors (Lipinski definition) is 4. The van der Waals surface area contributed by atoms with Gasteiger partial charge in [0.05, 0.1) is 55.6 Å². The molecular weight excluding hydrogens is 783 g/mol. The predicted molar refractivity (Wildman–Crippen MR) is 223 cm³/mol. The van der Waals surface area contributed by atoms with Crippen molar-refractivity contribution in [3.05, 3.63) is 35.9 Å². The number of ether oxygens (including phenoxy) is 3. The summed E-state index contributed by atoms with van der Waals surface area (Å²) in [5.74, 6) is -3.42. The minimum atomic E-state index is -3.99. The van der Waals surface area contributed by atoms with E-state index in [9.17, 15) is 32.4 Å². The SMILES string of the molecule is CCC(C)[C@@H]([C@@H](CC(=O)N1CCC[C@H]1C(OC)[C@@H](C)C(=O)N[C@@H](Cc1ccccc1)C(=O)NS(=O)(=O)CCCN)OC)N(C)C(=O)[C@@H](NC(=O)N1CCOCC1)C(C)C. The summed E-state index contributed by atoms with van der Waals surface area (Å²) < 4.78 is 44.6. The molecule has 1 aromatic rings. The van der Waals surface area contributed by atoms with Gasteiger partial charge in [-0.05, 0) is 43.2 Å². The molecule has 2 unspecified atom stereocenters. The Bertz CT molecular complexity index is 1630. The molecule has 2 aliphatic heterocycles. The fourth-order valence-corrected chi connectivity index (χ4v) is 9.04. The predicted octanol–water partition coefficient (Wildman–Crippen LogP) is 1.50. The Balaban J connectivity index is 1.79. The van der Waals surface area contributed by atoms with E-state index in [4.69, 9.17) is 19.9 Å². The molecule has 2 fully saturated rings. The minimum absolute atomic E-state index is 0.0358. The molecule has 2 heterocycles. The molecule has 0 saturated carbocycles. The average molecular weight is 852 g/mol. The third kappa shape index (κ3) is 14.1. The highest BCUT2D eigenvalue weighted by atomic mass is 32.2. The zero-order chi connectivity index (χ0) is 43.9. The first-order valence-electron chi connectivity index (χ1n) is 20.8. The van der Waals surface area contributed by atoms with Gasteiger partial charge in [-0.1, -0.05) is 71.4 Å². The summed E-state index contributed by atoms with van der Waals surface area (Å²) in [4.78, 5) is 73.8. The summed E-state index contributed by atoms with van der Waals surface area (Å²) in [5.41, 5.74) is 6.19. The zero-order valence-corrected chi connectivity index (χ0v) is 37.0. The number of nitrogens with two attached hydrogens (primary N) is 1. The normalized spacial score (nSPS) is 19.5. The lowest BCUT2D eigenvalue weighted by Gasteiger charge is -2.41. The van der Waals surface area contributed by atoms with Crippen LogP contribution in [0.15, 0.2) is 30.3 Å². The van der Waals surface area contributed by atoms with Gasteiger partial charge >= 0.3 is 6.03 Å². The van der Waals surface area contributed by atoms with Crippen LogP contribution in [0.5, 0.6) is 0 Å². The van der Waals surface area contributed by atoms with E-state index < -0.39 is 64.1 Å². The number of carbonyl (C=O) groups is 5. The van der Waals surface area contributed by atoms with Gasteiger partial charge in [0.2, 0.25) is 27.7 Å². The van der Waals surface area contributed by atoms with Crippen molar-refractivity contribution in [1.82, 2.24) is 30.1 Å². The fraction of sp³-hybridized carbons (Fsp3) is 0.732. The summed E-state index contributed by atoms with van der Waals surface area (Å²) >= 11 is 0. The van der Waals surface area contributed by atoms with Gasteiger partial charge in [0, 0.05) is 47.3 Å². The lowest BCUT2D eigenvalue weighted by molar-refractivity contribution is -0.147.